The van der Waals surface area contributed by atoms with Crippen molar-refractivity contribution in [3.63, 3.8) is 0 Å². The summed E-state index contributed by atoms with van der Waals surface area (Å²) in [6, 6.07) is 6.94. The lowest BCUT2D eigenvalue weighted by Gasteiger charge is -2.43. The van der Waals surface area contributed by atoms with Crippen LogP contribution in [-0.2, 0) is 6.61 Å². The fraction of sp³-hybridized carbons (Fsp3) is 0.348. The van der Waals surface area contributed by atoms with Gasteiger partial charge in [0, 0.05) is 24.7 Å². The smallest absolute Gasteiger partial charge is 0.263 e. The average Bonchev–Trinajstić information content (AvgIpc) is 3.25. The van der Waals surface area contributed by atoms with Crippen molar-refractivity contribution in [3.8, 4) is 22.9 Å². The number of anilines is 2. The number of rotatable bonds is 6. The van der Waals surface area contributed by atoms with Gasteiger partial charge in [0.25, 0.3) is 12.3 Å². The van der Waals surface area contributed by atoms with E-state index in [9.17, 15) is 17.6 Å². The van der Waals surface area contributed by atoms with E-state index in [1.54, 1.807) is 12.1 Å². The van der Waals surface area contributed by atoms with Crippen molar-refractivity contribution in [1.82, 2.24) is 15.2 Å². The van der Waals surface area contributed by atoms with E-state index < -0.39 is 36.3 Å². The Bertz CT molecular complexity index is 1260. The number of para-hydroxylation sites is 1. The number of aliphatic hydroxyl groups is 1. The van der Waals surface area contributed by atoms with Gasteiger partial charge in [0.15, 0.2) is 23.2 Å². The molecule has 0 unspecified atom stereocenters. The van der Waals surface area contributed by atoms with E-state index >= 15 is 0 Å². The normalized spacial score (nSPS) is 20.9. The molecule has 2 atom stereocenters. The first kappa shape index (κ1) is 23.1. The fourth-order valence-corrected chi connectivity index (χ4v) is 4.62. The topological polar surface area (TPSA) is 92.6 Å². The number of pyridine rings is 1. The second-order valence-electron chi connectivity index (χ2n) is 8.39. The SMILES string of the molecule is COc1c(F)cccc1-c1cc2c(nn1)NC[C@@]1(C(F)F)C[C@@H](Oc3ncc(CO)cc3F)CN21. The number of hydrogen-bond acceptors (Lipinski definition) is 8. The Morgan fingerprint density at radius 1 is 1.23 bits per heavy atom. The van der Waals surface area contributed by atoms with Crippen LogP contribution in [0.15, 0.2) is 36.5 Å². The number of halogens is 4. The second kappa shape index (κ2) is 8.84. The predicted molar refractivity (Wildman–Crippen MR) is 118 cm³/mol. The number of hydrogen-bond donors (Lipinski definition) is 2. The maximum absolute atomic E-state index is 14.5. The zero-order chi connectivity index (χ0) is 24.7. The Balaban J connectivity index is 1.51. The van der Waals surface area contributed by atoms with Crippen molar-refractivity contribution in [3.05, 3.63) is 53.7 Å². The van der Waals surface area contributed by atoms with Crippen LogP contribution in [-0.4, -0.2) is 58.6 Å². The molecule has 2 N–H and O–H groups in total. The van der Waals surface area contributed by atoms with Crippen LogP contribution in [0.5, 0.6) is 11.6 Å². The van der Waals surface area contributed by atoms with Gasteiger partial charge < -0.3 is 24.8 Å². The molecule has 2 aliphatic rings. The molecule has 184 valence electrons. The van der Waals surface area contributed by atoms with E-state index in [4.69, 9.17) is 14.6 Å². The largest absolute Gasteiger partial charge is 0.493 e. The molecule has 2 aliphatic heterocycles. The highest BCUT2D eigenvalue weighted by Crippen LogP contribution is 2.46. The van der Waals surface area contributed by atoms with Gasteiger partial charge in [-0.25, -0.2) is 22.5 Å². The van der Waals surface area contributed by atoms with Gasteiger partial charge >= 0.3 is 0 Å². The lowest BCUT2D eigenvalue weighted by atomic mass is 9.93. The highest BCUT2D eigenvalue weighted by Gasteiger charge is 2.56. The molecule has 2 aromatic heterocycles. The molecule has 0 aliphatic carbocycles. The summed E-state index contributed by atoms with van der Waals surface area (Å²) in [4.78, 5) is 5.36. The zero-order valence-corrected chi connectivity index (χ0v) is 18.5. The molecule has 0 spiro atoms. The standard InChI is InChI=1S/C23H21F4N5O3/c1-34-19-14(3-2-4-15(19)24)17-6-18-20(31-30-17)29-11-23(22(26)27)7-13(9-32(18)23)35-21-16(25)5-12(10-33)8-28-21/h2-6,8,13,22,33H,7,9-11H2,1H3,(H,29,31)/t13-,23-/m1/s1. The number of alkyl halides is 2. The first-order chi connectivity index (χ1) is 16.9. The lowest BCUT2D eigenvalue weighted by Crippen LogP contribution is -2.57. The predicted octanol–water partition coefficient (Wildman–Crippen LogP) is 3.40. The first-order valence-corrected chi connectivity index (χ1v) is 10.8. The van der Waals surface area contributed by atoms with Gasteiger partial charge in [0.05, 0.1) is 31.6 Å². The van der Waals surface area contributed by atoms with E-state index in [1.807, 2.05) is 0 Å². The number of nitrogens with zero attached hydrogens (tertiary/aromatic N) is 4. The molecular weight excluding hydrogens is 470 g/mol. The number of aromatic nitrogens is 3. The van der Waals surface area contributed by atoms with Crippen LogP contribution >= 0.6 is 0 Å². The number of methoxy groups -OCH3 is 1. The minimum atomic E-state index is -2.77. The fourth-order valence-electron chi connectivity index (χ4n) is 4.62. The van der Waals surface area contributed by atoms with Crippen molar-refractivity contribution in [2.45, 2.75) is 31.1 Å². The third-order valence-electron chi connectivity index (χ3n) is 6.31. The van der Waals surface area contributed by atoms with E-state index in [0.29, 0.717) is 11.3 Å². The molecule has 0 saturated carbocycles. The van der Waals surface area contributed by atoms with Crippen LogP contribution in [0, 0.1) is 11.6 Å². The van der Waals surface area contributed by atoms with Crippen molar-refractivity contribution in [1.29, 1.82) is 0 Å². The molecule has 1 fully saturated rings. The molecule has 1 aromatic carbocycles. The number of ether oxygens (including phenoxy) is 2. The number of aliphatic hydroxyl groups excluding tert-OH is 1. The van der Waals surface area contributed by atoms with E-state index in [-0.39, 0.29) is 48.2 Å². The molecule has 12 heteroatoms. The Labute approximate surface area is 197 Å². The van der Waals surface area contributed by atoms with Gasteiger partial charge in [-0.1, -0.05) is 6.07 Å². The Kier molecular flexibility index (Phi) is 5.83. The molecule has 0 radical (unpaired) electrons. The average molecular weight is 491 g/mol. The van der Waals surface area contributed by atoms with Crippen LogP contribution in [0.4, 0.5) is 29.1 Å². The monoisotopic (exact) mass is 491 g/mol. The zero-order valence-electron chi connectivity index (χ0n) is 18.5. The van der Waals surface area contributed by atoms with Crippen LogP contribution < -0.4 is 19.7 Å². The van der Waals surface area contributed by atoms with Crippen molar-refractivity contribution < 1.29 is 32.1 Å². The van der Waals surface area contributed by atoms with E-state index in [1.165, 1.54) is 30.3 Å². The molecule has 0 bridgehead atoms. The molecule has 0 amide bonds. The minimum Gasteiger partial charge on any atom is -0.493 e. The van der Waals surface area contributed by atoms with Gasteiger partial charge in [0.2, 0.25) is 0 Å². The summed E-state index contributed by atoms with van der Waals surface area (Å²) >= 11 is 0. The van der Waals surface area contributed by atoms with Gasteiger partial charge in [0.1, 0.15) is 11.6 Å². The van der Waals surface area contributed by atoms with E-state index in [2.05, 4.69) is 20.5 Å². The molecule has 1 saturated heterocycles. The first-order valence-electron chi connectivity index (χ1n) is 10.8. The second-order valence-corrected chi connectivity index (χ2v) is 8.39. The molecular formula is C23H21F4N5O3. The number of benzene rings is 1. The summed E-state index contributed by atoms with van der Waals surface area (Å²) < 4.78 is 68.4. The van der Waals surface area contributed by atoms with Crippen molar-refractivity contribution in [2.24, 2.45) is 0 Å². The van der Waals surface area contributed by atoms with Crippen LogP contribution in [0.1, 0.15) is 12.0 Å². The molecule has 35 heavy (non-hydrogen) atoms. The Morgan fingerprint density at radius 3 is 2.77 bits per heavy atom. The van der Waals surface area contributed by atoms with Gasteiger partial charge in [-0.2, -0.15) is 0 Å². The maximum Gasteiger partial charge on any atom is 0.263 e. The molecule has 4 heterocycles. The molecule has 5 rings (SSSR count). The van der Waals surface area contributed by atoms with Crippen LogP contribution in [0.3, 0.4) is 0 Å². The van der Waals surface area contributed by atoms with Crippen molar-refractivity contribution in [2.75, 3.05) is 30.4 Å². The summed E-state index contributed by atoms with van der Waals surface area (Å²) in [5.74, 6) is -1.47. The van der Waals surface area contributed by atoms with Crippen LogP contribution in [0.25, 0.3) is 11.3 Å². The van der Waals surface area contributed by atoms with Crippen LogP contribution in [0.2, 0.25) is 0 Å². The highest BCUT2D eigenvalue weighted by atomic mass is 19.3. The third-order valence-corrected chi connectivity index (χ3v) is 6.31. The minimum absolute atomic E-state index is 0.00725. The third kappa shape index (κ3) is 3.87. The van der Waals surface area contributed by atoms with E-state index in [0.717, 1.165) is 6.07 Å². The summed E-state index contributed by atoms with van der Waals surface area (Å²) in [5, 5.41) is 20.3. The highest BCUT2D eigenvalue weighted by molar-refractivity contribution is 5.78. The Morgan fingerprint density at radius 2 is 2.06 bits per heavy atom. The summed E-state index contributed by atoms with van der Waals surface area (Å²) in [7, 11) is 1.32. The maximum atomic E-state index is 14.5. The number of fused-ring (bicyclic) bond motifs is 3. The van der Waals surface area contributed by atoms with Gasteiger partial charge in [-0.3, -0.25) is 0 Å². The quantitative estimate of drug-likeness (QED) is 0.507. The molecule has 3 aromatic rings. The number of nitrogens with one attached hydrogen (secondary N) is 1. The lowest BCUT2D eigenvalue weighted by molar-refractivity contribution is 0.0525. The summed E-state index contributed by atoms with van der Waals surface area (Å²) in [6.07, 6.45) is -2.43. The summed E-state index contributed by atoms with van der Waals surface area (Å²) in [5.41, 5.74) is -0.490. The van der Waals surface area contributed by atoms with Gasteiger partial charge in [-0.05, 0) is 29.8 Å². The van der Waals surface area contributed by atoms with Crippen molar-refractivity contribution >= 4 is 11.5 Å². The summed E-state index contributed by atoms with van der Waals surface area (Å²) in [6.45, 7) is -0.515. The molecule has 8 nitrogen and oxygen atoms in total. The Hall–Kier alpha value is -3.67. The van der Waals surface area contributed by atoms with Gasteiger partial charge in [-0.15, -0.1) is 10.2 Å².